The lowest BCUT2D eigenvalue weighted by atomic mass is 9.78. The van der Waals surface area contributed by atoms with Crippen LogP contribution in [-0.2, 0) is 24.5 Å². The van der Waals surface area contributed by atoms with Gasteiger partial charge in [-0.25, -0.2) is 4.99 Å². The molecule has 1 aromatic rings. The van der Waals surface area contributed by atoms with Crippen LogP contribution in [0.15, 0.2) is 11.2 Å². The molecule has 9 heteroatoms. The summed E-state index contributed by atoms with van der Waals surface area (Å²) >= 11 is 0. The first-order valence-corrected chi connectivity index (χ1v) is 9.76. The van der Waals surface area contributed by atoms with E-state index in [2.05, 4.69) is 41.5 Å². The summed E-state index contributed by atoms with van der Waals surface area (Å²) in [5.74, 6) is 0.819. The van der Waals surface area contributed by atoms with Crippen molar-refractivity contribution in [2.24, 2.45) is 23.4 Å². The number of rotatable bonds is 5. The van der Waals surface area contributed by atoms with E-state index in [4.69, 9.17) is 4.74 Å². The Kier molecular flexibility index (Phi) is 7.36. The third-order valence-corrected chi connectivity index (χ3v) is 4.75. The molecule has 1 fully saturated rings. The predicted octanol–water partition coefficient (Wildman–Crippen LogP) is 3.34. The molecule has 1 saturated heterocycles. The lowest BCUT2D eigenvalue weighted by Crippen LogP contribution is -2.47. The van der Waals surface area contributed by atoms with Gasteiger partial charge in [0.2, 0.25) is 0 Å². The summed E-state index contributed by atoms with van der Waals surface area (Å²) < 4.78 is 46.5. The zero-order valence-corrected chi connectivity index (χ0v) is 17.4. The average Bonchev–Trinajstić information content (AvgIpc) is 2.98. The number of nitrogens with zero attached hydrogens (tertiary/aromatic N) is 3. The number of hydrogen-bond acceptors (Lipinski definition) is 3. The first-order valence-electron chi connectivity index (χ1n) is 9.76. The molecule has 28 heavy (non-hydrogen) atoms. The van der Waals surface area contributed by atoms with E-state index in [1.165, 1.54) is 17.9 Å². The zero-order valence-electron chi connectivity index (χ0n) is 17.4. The fraction of sp³-hybridized carbons (Fsp3) is 0.789. The van der Waals surface area contributed by atoms with Crippen LogP contribution in [0.1, 0.15) is 51.8 Å². The van der Waals surface area contributed by atoms with Crippen LogP contribution >= 0.6 is 0 Å². The standard InChI is InChI=1S/C19H32F3N5O/c1-6-23-17(24-10-13-8-7-9-28-16(13)18(2,3)4)25-11-14-12-27(5)26-15(14)19(20,21)22/h12-13,16H,6-11H2,1-5H3,(H2,23,24,25). The lowest BCUT2D eigenvalue weighted by Gasteiger charge is -2.40. The van der Waals surface area contributed by atoms with Crippen LogP contribution in [-0.4, -0.2) is 41.5 Å². The maximum absolute atomic E-state index is 13.1. The van der Waals surface area contributed by atoms with E-state index in [0.29, 0.717) is 25.0 Å². The molecule has 0 bridgehead atoms. The second kappa shape index (κ2) is 9.15. The van der Waals surface area contributed by atoms with E-state index in [1.54, 1.807) is 0 Å². The predicted molar refractivity (Wildman–Crippen MR) is 103 cm³/mol. The molecule has 6 nitrogen and oxygen atoms in total. The topological polar surface area (TPSA) is 63.5 Å². The van der Waals surface area contributed by atoms with Crippen molar-refractivity contribution in [1.29, 1.82) is 0 Å². The number of alkyl halides is 3. The summed E-state index contributed by atoms with van der Waals surface area (Å²) in [6.07, 6.45) is -0.934. The molecule has 2 rings (SSSR count). The van der Waals surface area contributed by atoms with Crippen molar-refractivity contribution in [3.63, 3.8) is 0 Å². The highest BCUT2D eigenvalue weighted by atomic mass is 19.4. The molecule has 0 radical (unpaired) electrons. The summed E-state index contributed by atoms with van der Waals surface area (Å²) in [5.41, 5.74) is -0.802. The van der Waals surface area contributed by atoms with Crippen LogP contribution in [0.25, 0.3) is 0 Å². The van der Waals surface area contributed by atoms with E-state index in [9.17, 15) is 13.2 Å². The van der Waals surface area contributed by atoms with E-state index in [1.807, 2.05) is 6.92 Å². The van der Waals surface area contributed by atoms with Gasteiger partial charge in [0.1, 0.15) is 0 Å². The third-order valence-electron chi connectivity index (χ3n) is 4.75. The molecule has 160 valence electrons. The highest BCUT2D eigenvalue weighted by molar-refractivity contribution is 5.79. The molecule has 0 spiro atoms. The summed E-state index contributed by atoms with van der Waals surface area (Å²) in [7, 11) is 1.47. The number of guanidine groups is 1. The van der Waals surface area contributed by atoms with Crippen molar-refractivity contribution < 1.29 is 17.9 Å². The number of hydrogen-bond donors (Lipinski definition) is 2. The highest BCUT2D eigenvalue weighted by Crippen LogP contribution is 2.34. The van der Waals surface area contributed by atoms with Crippen LogP contribution in [0.5, 0.6) is 0 Å². The molecule has 2 unspecified atom stereocenters. The number of aliphatic imine (C=N–C) groups is 1. The maximum atomic E-state index is 13.1. The van der Waals surface area contributed by atoms with Crippen LogP contribution in [0.3, 0.4) is 0 Å². The van der Waals surface area contributed by atoms with Crippen molar-refractivity contribution in [2.75, 3.05) is 19.7 Å². The number of nitrogens with one attached hydrogen (secondary N) is 2. The molecular formula is C19H32F3N5O. The largest absolute Gasteiger partial charge is 0.435 e. The fourth-order valence-electron chi connectivity index (χ4n) is 3.64. The third kappa shape index (κ3) is 6.12. The van der Waals surface area contributed by atoms with Gasteiger partial charge >= 0.3 is 6.18 Å². The molecule has 1 aliphatic heterocycles. The van der Waals surface area contributed by atoms with Gasteiger partial charge < -0.3 is 15.4 Å². The number of aromatic nitrogens is 2. The normalized spacial score (nSPS) is 21.6. The fourth-order valence-corrected chi connectivity index (χ4v) is 3.64. The van der Waals surface area contributed by atoms with Crippen LogP contribution in [0, 0.1) is 11.3 Å². The van der Waals surface area contributed by atoms with Gasteiger partial charge in [-0.05, 0) is 25.2 Å². The van der Waals surface area contributed by atoms with Gasteiger partial charge in [-0.1, -0.05) is 20.8 Å². The van der Waals surface area contributed by atoms with Crippen LogP contribution in [0.4, 0.5) is 13.2 Å². The Morgan fingerprint density at radius 1 is 1.32 bits per heavy atom. The summed E-state index contributed by atoms with van der Waals surface area (Å²) in [5, 5.41) is 9.91. The van der Waals surface area contributed by atoms with Gasteiger partial charge in [-0.2, -0.15) is 18.3 Å². The maximum Gasteiger partial charge on any atom is 0.435 e. The summed E-state index contributed by atoms with van der Waals surface area (Å²) in [6, 6.07) is 0. The Hall–Kier alpha value is -1.77. The van der Waals surface area contributed by atoms with E-state index < -0.39 is 11.9 Å². The van der Waals surface area contributed by atoms with Crippen molar-refractivity contribution in [3.05, 3.63) is 17.5 Å². The molecule has 1 aliphatic rings. The van der Waals surface area contributed by atoms with E-state index in [0.717, 1.165) is 19.4 Å². The van der Waals surface area contributed by atoms with E-state index in [-0.39, 0.29) is 23.6 Å². The summed E-state index contributed by atoms with van der Waals surface area (Å²) in [6.45, 7) is 10.4. The average molecular weight is 403 g/mol. The Labute approximate surface area is 164 Å². The van der Waals surface area contributed by atoms with Crippen molar-refractivity contribution in [1.82, 2.24) is 20.4 Å². The Balaban J connectivity index is 2.07. The molecule has 0 aliphatic carbocycles. The van der Waals surface area contributed by atoms with Crippen molar-refractivity contribution >= 4 is 5.96 Å². The van der Waals surface area contributed by atoms with Crippen LogP contribution < -0.4 is 10.6 Å². The van der Waals surface area contributed by atoms with Gasteiger partial charge in [-0.15, -0.1) is 0 Å². The first-order chi connectivity index (χ1) is 13.0. The molecule has 2 N–H and O–H groups in total. The monoisotopic (exact) mass is 403 g/mol. The van der Waals surface area contributed by atoms with Crippen molar-refractivity contribution in [2.45, 2.75) is 59.4 Å². The number of ether oxygens (including phenoxy) is 1. The first kappa shape index (κ1) is 22.5. The lowest BCUT2D eigenvalue weighted by molar-refractivity contribution is -0.142. The smallest absolute Gasteiger partial charge is 0.377 e. The molecule has 2 heterocycles. The molecule has 2 atom stereocenters. The Bertz CT molecular complexity index is 664. The number of halogens is 3. The molecule has 1 aromatic heterocycles. The molecule has 0 saturated carbocycles. The zero-order chi connectivity index (χ0) is 20.9. The quantitative estimate of drug-likeness (QED) is 0.585. The van der Waals surface area contributed by atoms with Gasteiger partial charge in [0.05, 0.1) is 12.6 Å². The van der Waals surface area contributed by atoms with Gasteiger partial charge in [0.25, 0.3) is 0 Å². The highest BCUT2D eigenvalue weighted by Gasteiger charge is 2.37. The van der Waals surface area contributed by atoms with Gasteiger partial charge in [-0.3, -0.25) is 4.68 Å². The second-order valence-electron chi connectivity index (χ2n) is 8.31. The van der Waals surface area contributed by atoms with E-state index >= 15 is 0 Å². The van der Waals surface area contributed by atoms with Gasteiger partial charge in [0, 0.05) is 44.4 Å². The molecular weight excluding hydrogens is 371 g/mol. The second-order valence-corrected chi connectivity index (χ2v) is 8.31. The molecule has 0 amide bonds. The minimum atomic E-state index is -4.49. The summed E-state index contributed by atoms with van der Waals surface area (Å²) in [4.78, 5) is 4.34. The molecule has 0 aromatic carbocycles. The number of aryl methyl sites for hydroxylation is 1. The minimum Gasteiger partial charge on any atom is -0.377 e. The van der Waals surface area contributed by atoms with Crippen molar-refractivity contribution in [3.8, 4) is 0 Å². The van der Waals surface area contributed by atoms with Crippen LogP contribution in [0.2, 0.25) is 0 Å². The Morgan fingerprint density at radius 2 is 2.04 bits per heavy atom. The SMILES string of the molecule is CCNC(=NCc1cn(C)nc1C(F)(F)F)NCC1CCCOC1C(C)(C)C. The van der Waals surface area contributed by atoms with Gasteiger partial charge in [0.15, 0.2) is 11.7 Å². The Morgan fingerprint density at radius 3 is 2.64 bits per heavy atom. The minimum absolute atomic E-state index is 0.0274.